The molecule has 5 fully saturated rings. The van der Waals surface area contributed by atoms with Gasteiger partial charge in [0.2, 0.25) is 0 Å². The van der Waals surface area contributed by atoms with Gasteiger partial charge in [-0.2, -0.15) is 0 Å². The first-order chi connectivity index (χ1) is 17.2. The molecule has 192 valence electrons. The number of rotatable bonds is 6. The van der Waals surface area contributed by atoms with Crippen LogP contribution < -0.4 is 10.6 Å². The van der Waals surface area contributed by atoms with E-state index in [1.165, 1.54) is 55.2 Å². The zero-order valence-corrected chi connectivity index (χ0v) is 21.9. The summed E-state index contributed by atoms with van der Waals surface area (Å²) in [5.74, 6) is -0.465. The SMILES string of the molecule is O=C(c1ccc(F)c(F)c1Nc1ccc(I)cc1F)N1CC(O)(CNC2C3CC4CC(C3)CC2C4)C1. The second-order valence-corrected chi connectivity index (χ2v) is 12.5. The number of hydrogen-bond donors (Lipinski definition) is 3. The highest BCUT2D eigenvalue weighted by atomic mass is 127. The molecule has 0 atom stereocenters. The minimum Gasteiger partial charge on any atom is -0.385 e. The summed E-state index contributed by atoms with van der Waals surface area (Å²) in [5.41, 5.74) is -1.64. The number of amides is 1. The van der Waals surface area contributed by atoms with Gasteiger partial charge in [-0.3, -0.25) is 4.79 Å². The molecular formula is C27H29F3IN3O2. The summed E-state index contributed by atoms with van der Waals surface area (Å²) < 4.78 is 43.8. The molecule has 5 aliphatic rings. The summed E-state index contributed by atoms with van der Waals surface area (Å²) in [6.45, 7) is 0.603. The second-order valence-electron chi connectivity index (χ2n) is 11.3. The maximum absolute atomic E-state index is 14.7. The molecule has 1 saturated heterocycles. The first-order valence-corrected chi connectivity index (χ1v) is 13.7. The third-order valence-corrected chi connectivity index (χ3v) is 9.34. The predicted octanol–water partition coefficient (Wildman–Crippen LogP) is 5.05. The van der Waals surface area contributed by atoms with Gasteiger partial charge < -0.3 is 20.6 Å². The summed E-state index contributed by atoms with van der Waals surface area (Å²) in [7, 11) is 0. The lowest BCUT2D eigenvalue weighted by atomic mass is 9.54. The normalized spacial score (nSPS) is 29.8. The topological polar surface area (TPSA) is 64.6 Å². The lowest BCUT2D eigenvalue weighted by Crippen LogP contribution is -2.69. The number of halogens is 4. The molecule has 0 spiro atoms. The maximum Gasteiger partial charge on any atom is 0.256 e. The van der Waals surface area contributed by atoms with Crippen LogP contribution in [0.25, 0.3) is 0 Å². The lowest BCUT2D eigenvalue weighted by molar-refractivity contribution is -0.0884. The molecule has 4 saturated carbocycles. The Balaban J connectivity index is 1.13. The summed E-state index contributed by atoms with van der Waals surface area (Å²) in [6, 6.07) is 6.80. The molecule has 7 rings (SSSR count). The Labute approximate surface area is 222 Å². The highest BCUT2D eigenvalue weighted by Crippen LogP contribution is 2.53. The van der Waals surface area contributed by atoms with E-state index in [1.54, 1.807) is 6.07 Å². The van der Waals surface area contributed by atoms with Gasteiger partial charge in [0.1, 0.15) is 11.4 Å². The van der Waals surface area contributed by atoms with Crippen LogP contribution >= 0.6 is 22.6 Å². The van der Waals surface area contributed by atoms with Crippen molar-refractivity contribution in [2.24, 2.45) is 23.7 Å². The molecule has 3 N–H and O–H groups in total. The fourth-order valence-electron chi connectivity index (χ4n) is 7.23. The highest BCUT2D eigenvalue weighted by molar-refractivity contribution is 14.1. The molecule has 4 bridgehead atoms. The molecule has 0 unspecified atom stereocenters. The Morgan fingerprint density at radius 2 is 1.67 bits per heavy atom. The van der Waals surface area contributed by atoms with E-state index in [2.05, 4.69) is 10.6 Å². The van der Waals surface area contributed by atoms with Gasteiger partial charge >= 0.3 is 0 Å². The van der Waals surface area contributed by atoms with E-state index in [9.17, 15) is 23.1 Å². The number of anilines is 2. The molecule has 5 nitrogen and oxygen atoms in total. The Hall–Kier alpha value is -1.85. The van der Waals surface area contributed by atoms with Crippen LogP contribution in [0.1, 0.15) is 42.5 Å². The van der Waals surface area contributed by atoms with Crippen molar-refractivity contribution >= 4 is 39.9 Å². The first-order valence-electron chi connectivity index (χ1n) is 12.6. The number of nitrogens with one attached hydrogen (secondary N) is 2. The molecule has 2 aromatic carbocycles. The van der Waals surface area contributed by atoms with Crippen molar-refractivity contribution in [3.8, 4) is 0 Å². The van der Waals surface area contributed by atoms with Crippen LogP contribution in [0.3, 0.4) is 0 Å². The molecule has 0 radical (unpaired) electrons. The van der Waals surface area contributed by atoms with Gasteiger partial charge in [-0.05, 0) is 109 Å². The van der Waals surface area contributed by atoms with Crippen LogP contribution in [0, 0.1) is 44.7 Å². The third-order valence-electron chi connectivity index (χ3n) is 8.67. The van der Waals surface area contributed by atoms with Gasteiger partial charge in [-0.15, -0.1) is 0 Å². The quantitative estimate of drug-likeness (QED) is 0.401. The summed E-state index contributed by atoms with van der Waals surface area (Å²) >= 11 is 1.95. The minimum atomic E-state index is -1.25. The third kappa shape index (κ3) is 4.41. The van der Waals surface area contributed by atoms with Crippen molar-refractivity contribution in [3.63, 3.8) is 0 Å². The van der Waals surface area contributed by atoms with E-state index in [0.29, 0.717) is 28.0 Å². The largest absolute Gasteiger partial charge is 0.385 e. The van der Waals surface area contributed by atoms with Crippen LogP contribution in [0.4, 0.5) is 24.5 Å². The zero-order chi connectivity index (χ0) is 25.2. The number of carbonyl (C=O) groups is 1. The van der Waals surface area contributed by atoms with Crippen molar-refractivity contribution in [3.05, 3.63) is 56.9 Å². The molecule has 9 heteroatoms. The number of hydrogen-bond acceptors (Lipinski definition) is 4. The van der Waals surface area contributed by atoms with Crippen LogP contribution in [0.15, 0.2) is 30.3 Å². The van der Waals surface area contributed by atoms with Crippen LogP contribution in [0.2, 0.25) is 0 Å². The standard InChI is InChI=1S/C27H29F3IN3O2/c28-20-3-2-19(25(23(20)30)33-22-4-1-18(31)10-21(22)29)26(35)34-12-27(36,13-34)11-32-24-16-6-14-5-15(8-16)9-17(24)7-14/h1-4,10,14-17,24,32-33,36H,5-9,11-13H2. The van der Waals surface area contributed by atoms with E-state index in [1.807, 2.05) is 22.6 Å². The minimum absolute atomic E-state index is 0.0612. The molecular weight excluding hydrogens is 582 g/mol. The van der Waals surface area contributed by atoms with Crippen molar-refractivity contribution < 1.29 is 23.1 Å². The summed E-state index contributed by atoms with van der Waals surface area (Å²) in [6.07, 6.45) is 6.50. The van der Waals surface area contributed by atoms with Gasteiger partial charge in [-0.25, -0.2) is 13.2 Å². The zero-order valence-electron chi connectivity index (χ0n) is 19.7. The molecule has 0 aromatic heterocycles. The number of likely N-dealkylation sites (tertiary alicyclic amines) is 1. The number of nitrogens with zero attached hydrogens (tertiary/aromatic N) is 1. The molecule has 36 heavy (non-hydrogen) atoms. The first kappa shape index (κ1) is 24.5. The Kier molecular flexibility index (Phi) is 6.23. The van der Waals surface area contributed by atoms with Crippen LogP contribution in [-0.4, -0.2) is 47.2 Å². The van der Waals surface area contributed by atoms with Crippen LogP contribution in [0.5, 0.6) is 0 Å². The molecule has 4 aliphatic carbocycles. The Morgan fingerprint density at radius 3 is 2.31 bits per heavy atom. The van der Waals surface area contributed by atoms with E-state index < -0.39 is 34.6 Å². The van der Waals surface area contributed by atoms with Crippen molar-refractivity contribution in [2.45, 2.75) is 43.7 Å². The van der Waals surface area contributed by atoms with Crippen molar-refractivity contribution in [1.82, 2.24) is 10.2 Å². The lowest BCUT2D eigenvalue weighted by Gasteiger charge is -2.55. The average molecular weight is 611 g/mol. The molecule has 1 aliphatic heterocycles. The molecule has 2 aromatic rings. The number of β-amino-alcohol motifs (C(OH)–C–C–N with tert-alkyl or cyclic N) is 1. The fraction of sp³-hybridized carbons (Fsp3) is 0.519. The number of aliphatic hydroxyl groups is 1. The molecule has 1 amide bonds. The Morgan fingerprint density at radius 1 is 1.00 bits per heavy atom. The second kappa shape index (κ2) is 9.16. The fourth-order valence-corrected chi connectivity index (χ4v) is 7.69. The van der Waals surface area contributed by atoms with Crippen LogP contribution in [-0.2, 0) is 0 Å². The van der Waals surface area contributed by atoms with E-state index in [4.69, 9.17) is 0 Å². The van der Waals surface area contributed by atoms with E-state index in [0.717, 1.165) is 17.9 Å². The summed E-state index contributed by atoms with van der Waals surface area (Å²) in [5, 5.41) is 17.2. The van der Waals surface area contributed by atoms with Gasteiger partial charge in [0.05, 0.1) is 30.0 Å². The number of benzene rings is 2. The number of carbonyl (C=O) groups excluding carboxylic acids is 1. The maximum atomic E-state index is 14.7. The van der Waals surface area contributed by atoms with Crippen molar-refractivity contribution in [2.75, 3.05) is 25.0 Å². The van der Waals surface area contributed by atoms with E-state index in [-0.39, 0.29) is 24.3 Å². The smallest absolute Gasteiger partial charge is 0.256 e. The predicted molar refractivity (Wildman–Crippen MR) is 138 cm³/mol. The Bertz CT molecular complexity index is 1180. The monoisotopic (exact) mass is 611 g/mol. The average Bonchev–Trinajstić information content (AvgIpc) is 2.80. The van der Waals surface area contributed by atoms with Gasteiger partial charge in [-0.1, -0.05) is 0 Å². The van der Waals surface area contributed by atoms with E-state index >= 15 is 0 Å². The summed E-state index contributed by atoms with van der Waals surface area (Å²) in [4.78, 5) is 14.6. The van der Waals surface area contributed by atoms with Gasteiger partial charge in [0, 0.05) is 16.2 Å². The van der Waals surface area contributed by atoms with Gasteiger partial charge in [0.25, 0.3) is 5.91 Å². The van der Waals surface area contributed by atoms with Crippen molar-refractivity contribution in [1.29, 1.82) is 0 Å². The van der Waals surface area contributed by atoms with Gasteiger partial charge in [0.15, 0.2) is 11.6 Å². The molecule has 1 heterocycles. The highest BCUT2D eigenvalue weighted by Gasteiger charge is 2.50.